The Kier molecular flexibility index (Phi) is 10.6. The predicted molar refractivity (Wildman–Crippen MR) is 155 cm³/mol. The first-order valence-electron chi connectivity index (χ1n) is 14.1. The first-order valence-corrected chi connectivity index (χ1v) is 17.9. The molecule has 0 bridgehead atoms. The summed E-state index contributed by atoms with van der Waals surface area (Å²) >= 11 is 0. The molecule has 3 atom stereocenters. The molecule has 0 amide bonds. The number of allylic oxidation sites excluding steroid dienone is 1. The molecule has 0 N–H and O–H groups in total. The van der Waals surface area contributed by atoms with Crippen molar-refractivity contribution in [1.82, 2.24) is 0 Å². The van der Waals surface area contributed by atoms with Gasteiger partial charge in [0.15, 0.2) is 0 Å². The van der Waals surface area contributed by atoms with Crippen LogP contribution in [0, 0.1) is 0 Å². The fraction of sp³-hybridized carbons (Fsp3) is 0.548. The van der Waals surface area contributed by atoms with Gasteiger partial charge in [-0.3, -0.25) is 8.78 Å². The number of hydrogen-bond donors (Lipinski definition) is 0. The fourth-order valence-corrected chi connectivity index (χ4v) is 14.9. The third-order valence-corrected chi connectivity index (χ3v) is 16.1. The zero-order valence-electron chi connectivity index (χ0n) is 22.3. The van der Waals surface area contributed by atoms with Gasteiger partial charge in [0, 0.05) is 16.2 Å². The molecule has 1 heterocycles. The van der Waals surface area contributed by atoms with E-state index in [1.807, 2.05) is 6.08 Å². The summed E-state index contributed by atoms with van der Waals surface area (Å²) in [7, 11) is -0.596. The van der Waals surface area contributed by atoms with Crippen molar-refractivity contribution in [1.29, 1.82) is 0 Å². The zero-order valence-corrected chi connectivity index (χ0v) is 24.1. The maximum absolute atomic E-state index is 14.0. The molecule has 3 unspecified atom stereocenters. The van der Waals surface area contributed by atoms with E-state index in [0.29, 0.717) is 18.4 Å². The minimum atomic E-state index is -4.39. The minimum Gasteiger partial charge on any atom is -0.251 e. The normalized spacial score (nSPS) is 16.4. The van der Waals surface area contributed by atoms with Gasteiger partial charge in [0.25, 0.3) is 0 Å². The number of hydrogen-bond acceptors (Lipinski definition) is 0. The van der Waals surface area contributed by atoms with E-state index in [4.69, 9.17) is 0 Å². The van der Waals surface area contributed by atoms with Gasteiger partial charge < -0.3 is 0 Å². The van der Waals surface area contributed by atoms with E-state index < -0.39 is 11.7 Å². The molecular formula is C31H39F5P2. The van der Waals surface area contributed by atoms with Crippen molar-refractivity contribution < 1.29 is 22.0 Å². The average molecular weight is 569 g/mol. The molecule has 0 nitrogen and oxygen atoms in total. The number of rotatable bonds is 15. The van der Waals surface area contributed by atoms with E-state index in [9.17, 15) is 22.0 Å². The van der Waals surface area contributed by atoms with Gasteiger partial charge in [0.05, 0.1) is 18.9 Å². The monoisotopic (exact) mass is 568 g/mol. The lowest BCUT2D eigenvalue weighted by Gasteiger charge is -2.28. The molecule has 1 aromatic heterocycles. The largest absolute Gasteiger partial charge is 0.416 e. The van der Waals surface area contributed by atoms with Gasteiger partial charge in [-0.25, -0.2) is 0 Å². The Morgan fingerprint density at radius 3 is 2.03 bits per heavy atom. The first-order chi connectivity index (χ1) is 18.4. The Bertz CT molecular complexity index is 1220. The molecular weight excluding hydrogens is 529 g/mol. The van der Waals surface area contributed by atoms with Crippen LogP contribution in [0.1, 0.15) is 99.3 Å². The lowest BCUT2D eigenvalue weighted by atomic mass is 9.86. The van der Waals surface area contributed by atoms with Crippen molar-refractivity contribution in [3.8, 4) is 0 Å². The zero-order chi connectivity index (χ0) is 27.1. The van der Waals surface area contributed by atoms with Gasteiger partial charge in [-0.1, -0.05) is 83.8 Å². The standard InChI is InChI=1S/C31H39F5P2/c1-2-13-25-26(24-14-7-8-15-27(24)31(34,35)36)22-23-16-17-28-30(29(23)25)38(21-12-6-4-10-19-33)37(28)20-11-5-3-9-18-32/h7-8,14-17,22,25H,2-6,9-13,18-21H2,1H3. The van der Waals surface area contributed by atoms with Crippen LogP contribution in [0.4, 0.5) is 22.0 Å². The van der Waals surface area contributed by atoms with E-state index in [1.54, 1.807) is 12.1 Å². The van der Waals surface area contributed by atoms with Gasteiger partial charge in [-0.15, -0.1) is 0 Å². The van der Waals surface area contributed by atoms with Crippen molar-refractivity contribution in [3.63, 3.8) is 0 Å². The summed E-state index contributed by atoms with van der Waals surface area (Å²) in [5.74, 6) is -0.00769. The Labute approximate surface area is 225 Å². The average Bonchev–Trinajstić information content (AvgIpc) is 3.25. The van der Waals surface area contributed by atoms with E-state index >= 15 is 0 Å². The van der Waals surface area contributed by atoms with Crippen LogP contribution in [-0.4, -0.2) is 13.3 Å². The highest BCUT2D eigenvalue weighted by Crippen LogP contribution is 2.71. The molecule has 1 aliphatic rings. The lowest BCUT2D eigenvalue weighted by molar-refractivity contribution is -0.137. The second-order valence-electron chi connectivity index (χ2n) is 10.4. The van der Waals surface area contributed by atoms with Crippen LogP contribution >= 0.6 is 14.4 Å². The molecule has 0 aliphatic heterocycles. The predicted octanol–water partition coefficient (Wildman–Crippen LogP) is 12.3. The SMILES string of the molecule is CCCC1C(c2ccccc2C(F)(F)F)=Cc2ccc3c(c21)p(CCCCCCF)p3CCCCCCF. The minimum absolute atomic E-state index is 0.00769. The van der Waals surface area contributed by atoms with Gasteiger partial charge in [0.1, 0.15) is 0 Å². The van der Waals surface area contributed by atoms with E-state index in [-0.39, 0.29) is 33.7 Å². The smallest absolute Gasteiger partial charge is 0.251 e. The van der Waals surface area contributed by atoms with Crippen LogP contribution < -0.4 is 0 Å². The molecule has 1 aliphatic carbocycles. The highest BCUT2D eigenvalue weighted by atomic mass is 31.9. The van der Waals surface area contributed by atoms with Crippen molar-refractivity contribution in [2.24, 2.45) is 0 Å². The number of unbranched alkanes of at least 4 members (excludes halogenated alkanes) is 6. The Balaban J connectivity index is 1.70. The molecule has 38 heavy (non-hydrogen) atoms. The fourth-order valence-electron chi connectivity index (χ4n) is 5.94. The quantitative estimate of drug-likeness (QED) is 0.126. The van der Waals surface area contributed by atoms with E-state index in [0.717, 1.165) is 68.7 Å². The molecule has 0 spiro atoms. The third kappa shape index (κ3) is 6.42. The highest BCUT2D eigenvalue weighted by Gasteiger charge is 2.38. The van der Waals surface area contributed by atoms with Crippen molar-refractivity contribution in [2.45, 2.75) is 95.5 Å². The number of benzene rings is 2. The number of halogens is 5. The van der Waals surface area contributed by atoms with Crippen LogP contribution in [0.15, 0.2) is 36.4 Å². The Morgan fingerprint density at radius 2 is 1.39 bits per heavy atom. The summed E-state index contributed by atoms with van der Waals surface area (Å²) in [6, 6.07) is 10.4. The molecule has 0 saturated carbocycles. The molecule has 0 fully saturated rings. The molecule has 2 aromatic carbocycles. The van der Waals surface area contributed by atoms with Gasteiger partial charge in [0.2, 0.25) is 0 Å². The second kappa shape index (κ2) is 13.7. The number of fused-ring (bicyclic) bond motifs is 3. The highest BCUT2D eigenvalue weighted by molar-refractivity contribution is 8.16. The van der Waals surface area contributed by atoms with Crippen molar-refractivity contribution >= 4 is 36.3 Å². The second-order valence-corrected chi connectivity index (χ2v) is 16.7. The van der Waals surface area contributed by atoms with Crippen LogP contribution in [0.2, 0.25) is 0 Å². The summed E-state index contributed by atoms with van der Waals surface area (Å²) < 4.78 is 67.0. The van der Waals surface area contributed by atoms with E-state index in [1.165, 1.54) is 34.1 Å². The summed E-state index contributed by atoms with van der Waals surface area (Å²) in [6.45, 7) is 1.60. The van der Waals surface area contributed by atoms with Crippen LogP contribution in [0.25, 0.3) is 21.9 Å². The molecule has 4 rings (SSSR count). The molecule has 208 valence electrons. The van der Waals surface area contributed by atoms with E-state index in [2.05, 4.69) is 19.1 Å². The van der Waals surface area contributed by atoms with Gasteiger partial charge in [-0.05, 0) is 78.8 Å². The molecule has 3 aromatic rings. The topological polar surface area (TPSA) is 0 Å². The molecule has 0 saturated heterocycles. The number of aryl methyl sites for hydroxylation is 2. The maximum atomic E-state index is 14.0. The summed E-state index contributed by atoms with van der Waals surface area (Å²) in [6.07, 6.45) is 9.07. The van der Waals surface area contributed by atoms with Crippen LogP contribution in [0.5, 0.6) is 0 Å². The Hall–Kier alpha value is -1.57. The van der Waals surface area contributed by atoms with Crippen LogP contribution in [0.3, 0.4) is 0 Å². The summed E-state index contributed by atoms with van der Waals surface area (Å²) in [4.78, 5) is 0. The summed E-state index contributed by atoms with van der Waals surface area (Å²) in [5.41, 5.74) is 2.96. The lowest BCUT2D eigenvalue weighted by Crippen LogP contribution is -2.10. The van der Waals surface area contributed by atoms with Crippen molar-refractivity contribution in [3.05, 3.63) is 58.7 Å². The summed E-state index contributed by atoms with van der Waals surface area (Å²) in [5, 5.41) is 2.92. The molecule has 0 radical (unpaired) electrons. The first kappa shape index (κ1) is 29.4. The third-order valence-electron chi connectivity index (χ3n) is 7.72. The van der Waals surface area contributed by atoms with Crippen LogP contribution in [-0.2, 0) is 18.5 Å². The van der Waals surface area contributed by atoms with Crippen molar-refractivity contribution in [2.75, 3.05) is 13.3 Å². The van der Waals surface area contributed by atoms with Gasteiger partial charge in [-0.2, -0.15) is 13.2 Å². The Morgan fingerprint density at radius 1 is 0.763 bits per heavy atom. The van der Waals surface area contributed by atoms with Gasteiger partial charge >= 0.3 is 6.18 Å². The molecule has 7 heteroatoms. The number of alkyl halides is 5. The maximum Gasteiger partial charge on any atom is 0.416 e.